The molecule has 4 nitrogen and oxygen atoms in total. The molecule has 2 N–H and O–H groups in total. The Kier molecular flexibility index (Phi) is 4.18. The van der Waals surface area contributed by atoms with Crippen LogP contribution in [0.15, 0.2) is 17.0 Å². The predicted octanol–water partition coefficient (Wildman–Crippen LogP) is 0.621. The first kappa shape index (κ1) is 14.0. The van der Waals surface area contributed by atoms with Gasteiger partial charge in [0.15, 0.2) is 9.84 Å². The molecule has 0 radical (unpaired) electrons. The van der Waals surface area contributed by atoms with Gasteiger partial charge in [0.1, 0.15) is 16.5 Å². The second-order valence-corrected chi connectivity index (χ2v) is 5.63. The minimum absolute atomic E-state index is 0.0363. The highest BCUT2D eigenvalue weighted by atomic mass is 32.2. The van der Waals surface area contributed by atoms with Crippen LogP contribution in [0.4, 0.5) is 8.78 Å². The Morgan fingerprint density at radius 2 is 1.94 bits per heavy atom. The van der Waals surface area contributed by atoms with Crippen molar-refractivity contribution < 1.29 is 22.3 Å². The molecule has 0 bridgehead atoms. The lowest BCUT2D eigenvalue weighted by atomic mass is 10.1. The molecular weight excluding hydrogens is 252 g/mol. The van der Waals surface area contributed by atoms with E-state index in [2.05, 4.69) is 5.32 Å². The van der Waals surface area contributed by atoms with E-state index in [1.807, 2.05) is 0 Å². The van der Waals surface area contributed by atoms with Crippen LogP contribution in [-0.4, -0.2) is 33.4 Å². The molecule has 0 amide bonds. The normalized spacial score (nSPS) is 13.7. The van der Waals surface area contributed by atoms with Crippen LogP contribution in [0.25, 0.3) is 0 Å². The zero-order valence-corrected chi connectivity index (χ0v) is 10.2. The lowest BCUT2D eigenvalue weighted by Crippen LogP contribution is -2.18. The zero-order chi connectivity index (χ0) is 13.2. The van der Waals surface area contributed by atoms with Crippen molar-refractivity contribution in [2.24, 2.45) is 0 Å². The Labute approximate surface area is 98.2 Å². The summed E-state index contributed by atoms with van der Waals surface area (Å²) >= 11 is 0. The summed E-state index contributed by atoms with van der Waals surface area (Å²) < 4.78 is 49.2. The minimum atomic E-state index is -3.82. The highest BCUT2D eigenvalue weighted by Gasteiger charge is 2.20. The van der Waals surface area contributed by atoms with Gasteiger partial charge in [-0.15, -0.1) is 0 Å². The number of nitrogens with one attached hydrogen (secondary N) is 1. The molecular formula is C10H13F2NO3S. The second kappa shape index (κ2) is 5.07. The maximum atomic E-state index is 13.5. The summed E-state index contributed by atoms with van der Waals surface area (Å²) in [5.41, 5.74) is -0.274. The molecule has 96 valence electrons. The van der Waals surface area contributed by atoms with Gasteiger partial charge < -0.3 is 10.4 Å². The lowest BCUT2D eigenvalue weighted by Gasteiger charge is -2.12. The van der Waals surface area contributed by atoms with Crippen LogP contribution in [0.5, 0.6) is 0 Å². The number of rotatable bonds is 4. The number of hydrogen-bond donors (Lipinski definition) is 2. The SMILES string of the molecule is CNCC(O)c1cc(F)c(S(C)(=O)=O)cc1F. The second-order valence-electron chi connectivity index (χ2n) is 3.65. The number of benzene rings is 1. The van der Waals surface area contributed by atoms with Crippen LogP contribution in [0, 0.1) is 11.6 Å². The van der Waals surface area contributed by atoms with Crippen molar-refractivity contribution in [2.75, 3.05) is 19.8 Å². The molecule has 0 aliphatic carbocycles. The van der Waals surface area contributed by atoms with Gasteiger partial charge in [0, 0.05) is 18.4 Å². The van der Waals surface area contributed by atoms with Crippen molar-refractivity contribution >= 4 is 9.84 Å². The van der Waals surface area contributed by atoms with Crippen LogP contribution in [0.1, 0.15) is 11.7 Å². The van der Waals surface area contributed by atoms with Crippen molar-refractivity contribution in [1.82, 2.24) is 5.32 Å². The van der Waals surface area contributed by atoms with Crippen molar-refractivity contribution in [3.63, 3.8) is 0 Å². The van der Waals surface area contributed by atoms with E-state index in [0.717, 1.165) is 6.26 Å². The van der Waals surface area contributed by atoms with Gasteiger partial charge in [-0.25, -0.2) is 17.2 Å². The van der Waals surface area contributed by atoms with Gasteiger partial charge in [-0.1, -0.05) is 0 Å². The maximum Gasteiger partial charge on any atom is 0.178 e. The standard InChI is InChI=1S/C10H13F2NO3S/c1-13-5-9(14)6-3-8(12)10(4-7(6)11)17(2,15)16/h3-4,9,13-14H,5H2,1-2H3. The molecule has 1 rings (SSSR count). The first-order chi connectivity index (χ1) is 7.77. The fraction of sp³-hybridized carbons (Fsp3) is 0.400. The number of aliphatic hydroxyl groups is 1. The van der Waals surface area contributed by atoms with E-state index in [1.165, 1.54) is 0 Å². The Balaban J connectivity index is 3.28. The molecule has 0 saturated carbocycles. The summed E-state index contributed by atoms with van der Waals surface area (Å²) in [5.74, 6) is -2.02. The van der Waals surface area contributed by atoms with Gasteiger partial charge >= 0.3 is 0 Å². The van der Waals surface area contributed by atoms with E-state index in [4.69, 9.17) is 0 Å². The first-order valence-corrected chi connectivity index (χ1v) is 6.68. The summed E-state index contributed by atoms with van der Waals surface area (Å²) in [6.07, 6.45) is -0.447. The fourth-order valence-electron chi connectivity index (χ4n) is 1.39. The summed E-state index contributed by atoms with van der Waals surface area (Å²) in [4.78, 5) is -0.713. The van der Waals surface area contributed by atoms with Gasteiger partial charge in [0.25, 0.3) is 0 Å². The topological polar surface area (TPSA) is 66.4 Å². The Bertz CT molecular complexity index is 517. The fourth-order valence-corrected chi connectivity index (χ4v) is 2.12. The quantitative estimate of drug-likeness (QED) is 0.837. The van der Waals surface area contributed by atoms with E-state index >= 15 is 0 Å². The van der Waals surface area contributed by atoms with E-state index in [1.54, 1.807) is 7.05 Å². The maximum absolute atomic E-state index is 13.5. The first-order valence-electron chi connectivity index (χ1n) is 4.79. The van der Waals surface area contributed by atoms with Crippen LogP contribution in [0.2, 0.25) is 0 Å². The van der Waals surface area contributed by atoms with Gasteiger partial charge in [-0.3, -0.25) is 0 Å². The Hall–Kier alpha value is -1.05. The van der Waals surface area contributed by atoms with Crippen molar-refractivity contribution in [1.29, 1.82) is 0 Å². The molecule has 0 spiro atoms. The number of likely N-dealkylation sites (N-methyl/N-ethyl adjacent to an activating group) is 1. The minimum Gasteiger partial charge on any atom is -0.387 e. The molecule has 7 heteroatoms. The highest BCUT2D eigenvalue weighted by Crippen LogP contribution is 2.23. The molecule has 0 heterocycles. The van der Waals surface area contributed by atoms with E-state index in [-0.39, 0.29) is 12.1 Å². The molecule has 1 aromatic rings. The number of halogens is 2. The molecule has 1 atom stereocenters. The van der Waals surface area contributed by atoms with Crippen LogP contribution in [0.3, 0.4) is 0 Å². The molecule has 0 fully saturated rings. The number of sulfone groups is 1. The number of hydrogen-bond acceptors (Lipinski definition) is 4. The highest BCUT2D eigenvalue weighted by molar-refractivity contribution is 7.90. The lowest BCUT2D eigenvalue weighted by molar-refractivity contribution is 0.172. The third-order valence-electron chi connectivity index (χ3n) is 2.21. The molecule has 1 aromatic carbocycles. The summed E-state index contributed by atoms with van der Waals surface area (Å²) in [5, 5.41) is 12.1. The molecule has 0 aromatic heterocycles. The third-order valence-corrected chi connectivity index (χ3v) is 3.32. The molecule has 0 aliphatic rings. The average molecular weight is 265 g/mol. The average Bonchev–Trinajstić information content (AvgIpc) is 2.19. The monoisotopic (exact) mass is 265 g/mol. The predicted molar refractivity (Wildman–Crippen MR) is 58.4 cm³/mol. The van der Waals surface area contributed by atoms with Gasteiger partial charge in [0.05, 0.1) is 6.10 Å². The molecule has 0 saturated heterocycles. The summed E-state index contributed by atoms with van der Waals surface area (Å²) in [6.45, 7) is 0.0363. The molecule has 0 aliphatic heterocycles. The van der Waals surface area contributed by atoms with E-state index < -0.39 is 32.5 Å². The van der Waals surface area contributed by atoms with Crippen LogP contribution < -0.4 is 5.32 Å². The largest absolute Gasteiger partial charge is 0.387 e. The smallest absolute Gasteiger partial charge is 0.178 e. The third kappa shape index (κ3) is 3.21. The number of aliphatic hydroxyl groups excluding tert-OH is 1. The van der Waals surface area contributed by atoms with Crippen molar-refractivity contribution in [2.45, 2.75) is 11.0 Å². The Morgan fingerprint density at radius 3 is 2.41 bits per heavy atom. The van der Waals surface area contributed by atoms with Crippen molar-refractivity contribution in [3.05, 3.63) is 29.3 Å². The summed E-state index contributed by atoms with van der Waals surface area (Å²) in [7, 11) is -2.28. The van der Waals surface area contributed by atoms with Crippen LogP contribution >= 0.6 is 0 Å². The van der Waals surface area contributed by atoms with E-state index in [0.29, 0.717) is 12.1 Å². The summed E-state index contributed by atoms with van der Waals surface area (Å²) in [6, 6.07) is 1.28. The zero-order valence-electron chi connectivity index (χ0n) is 9.37. The van der Waals surface area contributed by atoms with Gasteiger partial charge in [-0.05, 0) is 19.2 Å². The molecule has 1 unspecified atom stereocenters. The van der Waals surface area contributed by atoms with Gasteiger partial charge in [-0.2, -0.15) is 0 Å². The van der Waals surface area contributed by atoms with Gasteiger partial charge in [0.2, 0.25) is 0 Å². The molecule has 17 heavy (non-hydrogen) atoms. The van der Waals surface area contributed by atoms with Crippen LogP contribution in [-0.2, 0) is 9.84 Å². The Morgan fingerprint density at radius 1 is 1.35 bits per heavy atom. The van der Waals surface area contributed by atoms with Crippen molar-refractivity contribution in [3.8, 4) is 0 Å². The van der Waals surface area contributed by atoms with E-state index in [9.17, 15) is 22.3 Å².